The number of amides is 2. The highest BCUT2D eigenvalue weighted by molar-refractivity contribution is 5.74. The molecule has 2 heterocycles. The maximum Gasteiger partial charge on any atom is 0.315 e. The molecule has 2 amide bonds. The van der Waals surface area contributed by atoms with Crippen molar-refractivity contribution in [3.05, 3.63) is 23.7 Å². The Morgan fingerprint density at radius 3 is 2.74 bits per heavy atom. The van der Waals surface area contributed by atoms with Crippen molar-refractivity contribution in [1.29, 1.82) is 0 Å². The fourth-order valence-electron chi connectivity index (χ4n) is 2.95. The van der Waals surface area contributed by atoms with E-state index in [0.717, 1.165) is 43.4 Å². The van der Waals surface area contributed by atoms with E-state index in [9.17, 15) is 4.79 Å². The van der Waals surface area contributed by atoms with Crippen LogP contribution in [0.3, 0.4) is 0 Å². The summed E-state index contributed by atoms with van der Waals surface area (Å²) in [6.45, 7) is 10.5. The minimum absolute atomic E-state index is 0.112. The third-order valence-electron chi connectivity index (χ3n) is 4.60. The Morgan fingerprint density at radius 1 is 1.35 bits per heavy atom. The van der Waals surface area contributed by atoms with Crippen molar-refractivity contribution in [1.82, 2.24) is 15.5 Å². The van der Waals surface area contributed by atoms with E-state index < -0.39 is 0 Å². The van der Waals surface area contributed by atoms with Gasteiger partial charge >= 0.3 is 6.03 Å². The Hall–Kier alpha value is -1.49. The van der Waals surface area contributed by atoms with Crippen molar-refractivity contribution in [2.45, 2.75) is 52.5 Å². The van der Waals surface area contributed by atoms with Crippen LogP contribution in [0.4, 0.5) is 4.79 Å². The normalized spacial score (nSPS) is 17.9. The lowest BCUT2D eigenvalue weighted by atomic mass is 9.99. The van der Waals surface area contributed by atoms with Gasteiger partial charge in [-0.1, -0.05) is 6.92 Å². The Kier molecular flexibility index (Phi) is 6.96. The maximum absolute atomic E-state index is 11.9. The first-order valence-electron chi connectivity index (χ1n) is 8.87. The number of unbranched alkanes of at least 4 members (excludes halogenated alkanes) is 1. The van der Waals surface area contributed by atoms with Gasteiger partial charge in [-0.3, -0.25) is 0 Å². The predicted molar refractivity (Wildman–Crippen MR) is 92.5 cm³/mol. The first-order valence-corrected chi connectivity index (χ1v) is 8.87. The lowest BCUT2D eigenvalue weighted by Crippen LogP contribution is -2.38. The van der Waals surface area contributed by atoms with Gasteiger partial charge in [0.2, 0.25) is 0 Å². The number of urea groups is 1. The minimum Gasteiger partial charge on any atom is -0.464 e. The third-order valence-corrected chi connectivity index (χ3v) is 4.60. The number of rotatable bonds is 7. The summed E-state index contributed by atoms with van der Waals surface area (Å²) in [5.41, 5.74) is 0. The first-order chi connectivity index (χ1) is 11.0. The molecular weight excluding hydrogens is 290 g/mol. The van der Waals surface area contributed by atoms with Gasteiger partial charge in [0.05, 0.1) is 6.04 Å². The highest BCUT2D eigenvalue weighted by Crippen LogP contribution is 2.16. The molecule has 0 saturated carbocycles. The molecule has 1 unspecified atom stereocenters. The second kappa shape index (κ2) is 8.96. The molecule has 0 bridgehead atoms. The van der Waals surface area contributed by atoms with Crippen LogP contribution in [0, 0.1) is 12.8 Å². The molecule has 5 heteroatoms. The molecule has 23 heavy (non-hydrogen) atoms. The molecule has 2 rings (SSSR count). The van der Waals surface area contributed by atoms with Crippen LogP contribution in [0.1, 0.15) is 57.1 Å². The topological polar surface area (TPSA) is 57.5 Å². The smallest absolute Gasteiger partial charge is 0.315 e. The predicted octanol–water partition coefficient (Wildman–Crippen LogP) is 3.46. The molecule has 1 aliphatic heterocycles. The van der Waals surface area contributed by atoms with Gasteiger partial charge in [0.1, 0.15) is 11.5 Å². The number of nitrogens with one attached hydrogen (secondary N) is 2. The molecule has 0 spiro atoms. The SMILES string of the molecule is Cc1ccc(C(C)NC(=O)NCCCCN2CCC(C)CC2)o1. The first kappa shape index (κ1) is 17.9. The van der Waals surface area contributed by atoms with Gasteiger partial charge in [0.15, 0.2) is 0 Å². The van der Waals surface area contributed by atoms with Gasteiger partial charge in [-0.05, 0) is 77.2 Å². The summed E-state index contributed by atoms with van der Waals surface area (Å²) in [4.78, 5) is 14.4. The zero-order chi connectivity index (χ0) is 16.7. The summed E-state index contributed by atoms with van der Waals surface area (Å²) in [5, 5.41) is 5.83. The zero-order valence-corrected chi connectivity index (χ0v) is 14.7. The van der Waals surface area contributed by atoms with Crippen LogP contribution in [-0.4, -0.2) is 37.1 Å². The van der Waals surface area contributed by atoms with Crippen molar-refractivity contribution >= 4 is 6.03 Å². The van der Waals surface area contributed by atoms with E-state index in [-0.39, 0.29) is 12.1 Å². The summed E-state index contributed by atoms with van der Waals surface area (Å²) in [6.07, 6.45) is 4.81. The van der Waals surface area contributed by atoms with Crippen molar-refractivity contribution in [2.24, 2.45) is 5.92 Å². The number of carbonyl (C=O) groups excluding carboxylic acids is 1. The van der Waals surface area contributed by atoms with Crippen molar-refractivity contribution in [3.63, 3.8) is 0 Å². The second-order valence-corrected chi connectivity index (χ2v) is 6.80. The van der Waals surface area contributed by atoms with Crippen molar-refractivity contribution < 1.29 is 9.21 Å². The highest BCUT2D eigenvalue weighted by atomic mass is 16.3. The van der Waals surface area contributed by atoms with Gasteiger partial charge in [-0.15, -0.1) is 0 Å². The van der Waals surface area contributed by atoms with Crippen LogP contribution >= 0.6 is 0 Å². The number of piperidine rings is 1. The van der Waals surface area contributed by atoms with E-state index in [1.54, 1.807) is 0 Å². The van der Waals surface area contributed by atoms with Crippen LogP contribution in [0.25, 0.3) is 0 Å². The molecule has 1 aromatic heterocycles. The number of nitrogens with zero attached hydrogens (tertiary/aromatic N) is 1. The summed E-state index contributed by atoms with van der Waals surface area (Å²) in [5.74, 6) is 2.54. The molecule has 1 fully saturated rings. The largest absolute Gasteiger partial charge is 0.464 e. The van der Waals surface area contributed by atoms with Crippen molar-refractivity contribution in [2.75, 3.05) is 26.2 Å². The van der Waals surface area contributed by atoms with Gasteiger partial charge in [-0.25, -0.2) is 4.79 Å². The van der Waals surface area contributed by atoms with Crippen LogP contribution in [-0.2, 0) is 0 Å². The summed E-state index contributed by atoms with van der Waals surface area (Å²) in [6, 6.07) is 3.57. The number of furan rings is 1. The molecule has 2 N–H and O–H groups in total. The fourth-order valence-corrected chi connectivity index (χ4v) is 2.95. The lowest BCUT2D eigenvalue weighted by Gasteiger charge is -2.30. The van der Waals surface area contributed by atoms with Crippen molar-refractivity contribution in [3.8, 4) is 0 Å². The van der Waals surface area contributed by atoms with Crippen LogP contribution in [0.2, 0.25) is 0 Å². The Balaban J connectivity index is 1.53. The van der Waals surface area contributed by atoms with Gasteiger partial charge < -0.3 is 20.0 Å². The van der Waals surface area contributed by atoms with Crippen LogP contribution < -0.4 is 10.6 Å². The minimum atomic E-state index is -0.127. The maximum atomic E-state index is 11.9. The Bertz CT molecular complexity index is 478. The second-order valence-electron chi connectivity index (χ2n) is 6.80. The lowest BCUT2D eigenvalue weighted by molar-refractivity contribution is 0.189. The Labute approximate surface area is 139 Å². The van der Waals surface area contributed by atoms with E-state index in [1.807, 2.05) is 26.0 Å². The number of carbonyl (C=O) groups is 1. The molecule has 0 aliphatic carbocycles. The standard InChI is InChI=1S/C18H31N3O2/c1-14-8-12-21(13-9-14)11-5-4-10-19-18(22)20-16(3)17-7-6-15(2)23-17/h6-7,14,16H,4-5,8-13H2,1-3H3,(H2,19,20,22). The van der Waals surface area contributed by atoms with Gasteiger partial charge in [0.25, 0.3) is 0 Å². The van der Waals surface area contributed by atoms with E-state index in [2.05, 4.69) is 22.5 Å². The molecular formula is C18H31N3O2. The molecule has 0 aromatic carbocycles. The number of hydrogen-bond donors (Lipinski definition) is 2. The van der Waals surface area contributed by atoms with E-state index in [4.69, 9.17) is 4.42 Å². The quantitative estimate of drug-likeness (QED) is 0.756. The van der Waals surface area contributed by atoms with Crippen LogP contribution in [0.15, 0.2) is 16.5 Å². The molecule has 130 valence electrons. The number of hydrogen-bond acceptors (Lipinski definition) is 3. The molecule has 1 saturated heterocycles. The van der Waals surface area contributed by atoms with E-state index in [1.165, 1.54) is 25.9 Å². The average Bonchev–Trinajstić information content (AvgIpc) is 2.95. The zero-order valence-electron chi connectivity index (χ0n) is 14.7. The third kappa shape index (κ3) is 6.26. The molecule has 5 nitrogen and oxygen atoms in total. The average molecular weight is 321 g/mol. The highest BCUT2D eigenvalue weighted by Gasteiger charge is 2.15. The molecule has 0 radical (unpaired) electrons. The monoisotopic (exact) mass is 321 g/mol. The molecule has 1 aromatic rings. The van der Waals surface area contributed by atoms with Crippen LogP contribution in [0.5, 0.6) is 0 Å². The van der Waals surface area contributed by atoms with E-state index in [0.29, 0.717) is 0 Å². The Morgan fingerprint density at radius 2 is 2.09 bits per heavy atom. The fraction of sp³-hybridized carbons (Fsp3) is 0.722. The summed E-state index contributed by atoms with van der Waals surface area (Å²) >= 11 is 0. The molecule has 1 atom stereocenters. The number of likely N-dealkylation sites (tertiary alicyclic amines) is 1. The van der Waals surface area contributed by atoms with Gasteiger partial charge in [0, 0.05) is 6.54 Å². The summed E-state index contributed by atoms with van der Waals surface area (Å²) in [7, 11) is 0. The van der Waals surface area contributed by atoms with E-state index >= 15 is 0 Å². The molecule has 1 aliphatic rings. The van der Waals surface area contributed by atoms with Gasteiger partial charge in [-0.2, -0.15) is 0 Å². The summed E-state index contributed by atoms with van der Waals surface area (Å²) < 4.78 is 5.52. The number of aryl methyl sites for hydroxylation is 1.